The lowest BCUT2D eigenvalue weighted by molar-refractivity contribution is -0.0000145. The van der Waals surface area contributed by atoms with Gasteiger partial charge in [-0.3, -0.25) is 4.79 Å². The maximum atomic E-state index is 12.2. The highest BCUT2D eigenvalue weighted by atomic mass is 35.5. The lowest BCUT2D eigenvalue weighted by Gasteiger charge is -2.22. The zero-order valence-corrected chi connectivity index (χ0v) is 15.5. The Morgan fingerprint density at radius 3 is 2.58 bits per heavy atom. The summed E-state index contributed by atoms with van der Waals surface area (Å²) in [6.07, 6.45) is 7.49. The monoisotopic (exact) mass is 355 g/mol. The van der Waals surface area contributed by atoms with Gasteiger partial charge in [0.2, 0.25) is 5.88 Å². The van der Waals surface area contributed by atoms with Crippen LogP contribution in [-0.2, 0) is 0 Å². The highest BCUT2D eigenvalue weighted by Gasteiger charge is 2.16. The van der Waals surface area contributed by atoms with Gasteiger partial charge in [-0.05, 0) is 32.0 Å². The molecule has 1 heterocycles. The Kier molecular flexibility index (Phi) is 9.72. The fraction of sp³-hybridized carbons (Fsp3) is 0.667. The summed E-state index contributed by atoms with van der Waals surface area (Å²) in [6.45, 7) is 7.82. The van der Waals surface area contributed by atoms with Crippen LogP contribution < -0.4 is 22.5 Å². The number of carbonyl (C=O) groups excluding carboxylic acids is 1. The van der Waals surface area contributed by atoms with E-state index in [-0.39, 0.29) is 19.7 Å². The smallest absolute Gasteiger partial charge is 1.00 e. The molecule has 1 amide bonds. The van der Waals surface area contributed by atoms with Gasteiger partial charge in [0, 0.05) is 24.8 Å². The number of pyridine rings is 1. The van der Waals surface area contributed by atoms with E-state index in [4.69, 9.17) is 4.74 Å². The lowest BCUT2D eigenvalue weighted by atomic mass is 9.95. The van der Waals surface area contributed by atoms with Gasteiger partial charge in [0.05, 0.1) is 5.56 Å². The second-order valence-corrected chi connectivity index (χ2v) is 6.07. The molecule has 0 unspecified atom stereocenters. The number of carbonyl (C=O) groups is 1. The second kappa shape index (κ2) is 11.3. The summed E-state index contributed by atoms with van der Waals surface area (Å²) < 4.78 is 5.64. The van der Waals surface area contributed by atoms with E-state index in [0.717, 1.165) is 32.5 Å². The van der Waals surface area contributed by atoms with E-state index in [1.165, 1.54) is 19.3 Å². The summed E-state index contributed by atoms with van der Waals surface area (Å²) in [5.41, 5.74) is 0.603. The van der Waals surface area contributed by atoms with Crippen LogP contribution in [0.1, 0.15) is 57.7 Å². The highest BCUT2D eigenvalue weighted by molar-refractivity contribution is 5.94. The first-order chi connectivity index (χ1) is 11.2. The molecule has 1 aromatic rings. The topological polar surface area (TPSA) is 54.5 Å². The van der Waals surface area contributed by atoms with Crippen molar-refractivity contribution in [2.75, 3.05) is 26.2 Å². The number of rotatable bonds is 8. The van der Waals surface area contributed by atoms with Gasteiger partial charge in [0.1, 0.15) is 6.61 Å². The first-order valence-electron chi connectivity index (χ1n) is 8.85. The van der Waals surface area contributed by atoms with Gasteiger partial charge in [-0.25, -0.2) is 4.98 Å². The maximum absolute atomic E-state index is 12.2. The Morgan fingerprint density at radius 1 is 1.29 bits per heavy atom. The average Bonchev–Trinajstić information content (AvgIpc) is 2.60. The summed E-state index contributed by atoms with van der Waals surface area (Å²) in [5, 5.41) is 3.10. The van der Waals surface area contributed by atoms with Crippen molar-refractivity contribution in [3.05, 3.63) is 23.9 Å². The van der Waals surface area contributed by atoms with E-state index < -0.39 is 0 Å². The zero-order valence-electron chi connectivity index (χ0n) is 15.8. The number of halogens is 1. The molecule has 1 aliphatic carbocycles. The molecule has 0 atom stereocenters. The Labute approximate surface area is 153 Å². The number of likely N-dealkylation sites (N-methyl/N-ethyl adjacent to an activating group) is 1. The van der Waals surface area contributed by atoms with E-state index >= 15 is 0 Å². The van der Waals surface area contributed by atoms with Crippen LogP contribution in [0.15, 0.2) is 18.3 Å². The van der Waals surface area contributed by atoms with Crippen molar-refractivity contribution >= 4 is 5.91 Å². The first kappa shape index (κ1) is 20.7. The molecular formula is C18H30ClN3O2. The summed E-state index contributed by atoms with van der Waals surface area (Å²) >= 11 is 0. The molecule has 24 heavy (non-hydrogen) atoms. The van der Waals surface area contributed by atoms with Gasteiger partial charge in [-0.15, -0.1) is 0 Å². The number of nitrogens with zero attached hydrogens (tertiary/aromatic N) is 2. The molecule has 1 aliphatic rings. The summed E-state index contributed by atoms with van der Waals surface area (Å²) in [4.78, 5) is 18.7. The van der Waals surface area contributed by atoms with Crippen molar-refractivity contribution in [2.45, 2.75) is 52.0 Å². The third-order valence-corrected chi connectivity index (χ3v) is 4.49. The van der Waals surface area contributed by atoms with Crippen molar-refractivity contribution < 1.29 is 23.4 Å². The largest absolute Gasteiger partial charge is 1.00 e. The van der Waals surface area contributed by atoms with E-state index in [9.17, 15) is 4.79 Å². The van der Waals surface area contributed by atoms with E-state index in [2.05, 4.69) is 29.0 Å². The Morgan fingerprint density at radius 2 is 2.00 bits per heavy atom. The minimum absolute atomic E-state index is 0. The van der Waals surface area contributed by atoms with Crippen molar-refractivity contribution in [2.24, 2.45) is 0 Å². The summed E-state index contributed by atoms with van der Waals surface area (Å²) in [5.74, 6) is 0.547. The predicted octanol–water partition coefficient (Wildman–Crippen LogP) is -0.0188. The fourth-order valence-corrected chi connectivity index (χ4v) is 2.93. The molecule has 1 N–H and O–H groups in total. The van der Waals surface area contributed by atoms with Gasteiger partial charge in [-0.2, -0.15) is 0 Å². The Balaban J connectivity index is 0.00000288. The number of hydrogen-bond acceptors (Lipinski definition) is 4. The summed E-state index contributed by atoms with van der Waals surface area (Å²) in [6, 6.07) is 3.89. The van der Waals surface area contributed by atoms with Gasteiger partial charge >= 0.3 is 1.43 Å². The molecule has 0 spiro atoms. The Bertz CT molecular complexity index is 478. The van der Waals surface area contributed by atoms with Crippen LogP contribution >= 0.6 is 0 Å². The molecule has 6 heteroatoms. The van der Waals surface area contributed by atoms with Gasteiger partial charge in [0.25, 0.3) is 5.91 Å². The maximum Gasteiger partial charge on any atom is 1.00 e. The van der Waals surface area contributed by atoms with Crippen molar-refractivity contribution in [3.63, 3.8) is 0 Å². The molecule has 136 valence electrons. The molecule has 0 aliphatic heterocycles. The third-order valence-electron chi connectivity index (χ3n) is 4.49. The van der Waals surface area contributed by atoms with Gasteiger partial charge < -0.3 is 27.4 Å². The molecular weight excluding hydrogens is 326 g/mol. The van der Waals surface area contributed by atoms with Gasteiger partial charge in [0.15, 0.2) is 0 Å². The molecule has 0 aromatic carbocycles. The number of amides is 1. The van der Waals surface area contributed by atoms with Crippen LogP contribution in [0.3, 0.4) is 0 Å². The second-order valence-electron chi connectivity index (χ2n) is 6.07. The number of ether oxygens (including phenoxy) is 1. The summed E-state index contributed by atoms with van der Waals surface area (Å²) in [7, 11) is 0. The molecule has 0 radical (unpaired) electrons. The average molecular weight is 356 g/mol. The number of nitrogens with one attached hydrogen (secondary N) is 1. The van der Waals surface area contributed by atoms with Crippen molar-refractivity contribution in [1.29, 1.82) is 0 Å². The predicted molar refractivity (Wildman–Crippen MR) is 93.0 cm³/mol. The van der Waals surface area contributed by atoms with Crippen LogP contribution in [0.2, 0.25) is 0 Å². The zero-order chi connectivity index (χ0) is 16.5. The van der Waals surface area contributed by atoms with Crippen LogP contribution in [-0.4, -0.2) is 48.1 Å². The Hall–Kier alpha value is -1.33. The SMILES string of the molecule is CCN(CC)CCOc1ccc(C(=O)NC2CCCCC2)cn1.[Cl-].[H+]. The normalized spacial score (nSPS) is 15.0. The van der Waals surface area contributed by atoms with Crippen molar-refractivity contribution in [1.82, 2.24) is 15.2 Å². The van der Waals surface area contributed by atoms with Crippen LogP contribution in [0, 0.1) is 0 Å². The van der Waals surface area contributed by atoms with Crippen LogP contribution in [0.4, 0.5) is 0 Å². The fourth-order valence-electron chi connectivity index (χ4n) is 2.93. The quantitative estimate of drug-likeness (QED) is 0.712. The number of aromatic nitrogens is 1. The molecule has 0 bridgehead atoms. The number of hydrogen-bond donors (Lipinski definition) is 1. The molecule has 1 aromatic heterocycles. The first-order valence-corrected chi connectivity index (χ1v) is 8.85. The minimum Gasteiger partial charge on any atom is -1.00 e. The minimum atomic E-state index is -0.0286. The highest BCUT2D eigenvalue weighted by Crippen LogP contribution is 2.18. The van der Waals surface area contributed by atoms with E-state index in [1.54, 1.807) is 18.3 Å². The molecule has 1 fully saturated rings. The molecule has 0 saturated heterocycles. The van der Waals surface area contributed by atoms with Gasteiger partial charge in [-0.1, -0.05) is 33.1 Å². The molecule has 5 nitrogen and oxygen atoms in total. The molecule has 1 saturated carbocycles. The molecule has 2 rings (SSSR count). The van der Waals surface area contributed by atoms with E-state index in [1.807, 2.05) is 0 Å². The lowest BCUT2D eigenvalue weighted by Crippen LogP contribution is -3.00. The standard InChI is InChI=1S/C18H29N3O2.ClH/c1-3-21(4-2)12-13-23-17-11-10-15(14-19-17)18(22)20-16-8-6-5-7-9-16;/h10-11,14,16H,3-9,12-13H2,1-2H3,(H,20,22);1H. The van der Waals surface area contributed by atoms with E-state index in [0.29, 0.717) is 24.1 Å². The third kappa shape index (κ3) is 6.65. The van der Waals surface area contributed by atoms with Crippen LogP contribution in [0.5, 0.6) is 5.88 Å². The van der Waals surface area contributed by atoms with Crippen LogP contribution in [0.25, 0.3) is 0 Å². The van der Waals surface area contributed by atoms with Crippen molar-refractivity contribution in [3.8, 4) is 5.88 Å².